The lowest BCUT2D eigenvalue weighted by atomic mass is 10.3. The van der Waals surface area contributed by atoms with Gasteiger partial charge in [-0.15, -0.1) is 5.10 Å². The first-order valence-electron chi connectivity index (χ1n) is 9.13. The van der Waals surface area contributed by atoms with Crippen LogP contribution in [0.2, 0.25) is 10.0 Å². The van der Waals surface area contributed by atoms with Gasteiger partial charge >= 0.3 is 6.01 Å². The van der Waals surface area contributed by atoms with Gasteiger partial charge in [0.1, 0.15) is 5.75 Å². The number of rotatable bonds is 9. The van der Waals surface area contributed by atoms with Crippen molar-refractivity contribution in [2.45, 2.75) is 31.3 Å². The predicted octanol–water partition coefficient (Wildman–Crippen LogP) is 4.00. The summed E-state index contributed by atoms with van der Waals surface area (Å²) in [5.74, 6) is 0.799. The molecular weight excluding hydrogens is 465 g/mol. The zero-order chi connectivity index (χ0) is 22.6. The smallest absolute Gasteiger partial charge is 0.322 e. The molecule has 0 aliphatic carbocycles. The third-order valence-corrected chi connectivity index (χ3v) is 6.53. The number of carbonyl (C=O) groups is 1. The summed E-state index contributed by atoms with van der Waals surface area (Å²) < 4.78 is 35.5. The van der Waals surface area contributed by atoms with Crippen molar-refractivity contribution >= 4 is 45.3 Å². The van der Waals surface area contributed by atoms with Gasteiger partial charge < -0.3 is 10.1 Å². The molecule has 12 heteroatoms. The SMILES string of the molecule is CCn1c(Oc2cccc(NC=O)c2)nnc1C(C)NS(=O)(=O)c1ccc(Cl)c(Cl)c1. The van der Waals surface area contributed by atoms with E-state index < -0.39 is 16.1 Å². The molecule has 0 spiro atoms. The molecule has 9 nitrogen and oxygen atoms in total. The third-order valence-electron chi connectivity index (χ3n) is 4.25. The summed E-state index contributed by atoms with van der Waals surface area (Å²) >= 11 is 11.8. The monoisotopic (exact) mass is 483 g/mol. The van der Waals surface area contributed by atoms with Gasteiger partial charge in [-0.25, -0.2) is 13.1 Å². The molecule has 2 aromatic carbocycles. The number of nitrogens with zero attached hydrogens (tertiary/aromatic N) is 3. The van der Waals surface area contributed by atoms with Crippen molar-refractivity contribution in [3.05, 3.63) is 58.3 Å². The number of aromatic nitrogens is 3. The average Bonchev–Trinajstić information content (AvgIpc) is 3.13. The van der Waals surface area contributed by atoms with Crippen molar-refractivity contribution in [2.75, 3.05) is 5.32 Å². The summed E-state index contributed by atoms with van der Waals surface area (Å²) in [6, 6.07) is 10.3. The van der Waals surface area contributed by atoms with Gasteiger partial charge in [-0.05, 0) is 44.2 Å². The number of hydrogen-bond acceptors (Lipinski definition) is 6. The van der Waals surface area contributed by atoms with Crippen molar-refractivity contribution < 1.29 is 17.9 Å². The first-order valence-corrected chi connectivity index (χ1v) is 11.4. The van der Waals surface area contributed by atoms with Crippen molar-refractivity contribution in [3.63, 3.8) is 0 Å². The van der Waals surface area contributed by atoms with Gasteiger partial charge in [0, 0.05) is 18.3 Å². The maximum Gasteiger partial charge on any atom is 0.322 e. The molecule has 164 valence electrons. The zero-order valence-corrected chi connectivity index (χ0v) is 18.9. The van der Waals surface area contributed by atoms with Crippen LogP contribution in [0.15, 0.2) is 47.4 Å². The Morgan fingerprint density at radius 1 is 1.16 bits per heavy atom. The fourth-order valence-electron chi connectivity index (χ4n) is 2.81. The fraction of sp³-hybridized carbons (Fsp3) is 0.211. The van der Waals surface area contributed by atoms with Crippen LogP contribution in [0.3, 0.4) is 0 Å². The van der Waals surface area contributed by atoms with Gasteiger partial charge in [0.25, 0.3) is 0 Å². The second kappa shape index (κ2) is 9.65. The van der Waals surface area contributed by atoms with Crippen LogP contribution in [0, 0.1) is 0 Å². The molecule has 1 heterocycles. The molecule has 0 saturated carbocycles. The zero-order valence-electron chi connectivity index (χ0n) is 16.5. The molecule has 2 N–H and O–H groups in total. The van der Waals surface area contributed by atoms with Crippen LogP contribution in [-0.2, 0) is 21.4 Å². The first-order chi connectivity index (χ1) is 14.7. The second-order valence-corrected chi connectivity index (χ2v) is 8.92. The highest BCUT2D eigenvalue weighted by atomic mass is 35.5. The number of carbonyl (C=O) groups excluding carboxylic acids is 1. The molecule has 1 atom stereocenters. The molecule has 1 amide bonds. The summed E-state index contributed by atoms with van der Waals surface area (Å²) in [7, 11) is -3.89. The van der Waals surface area contributed by atoms with Crippen LogP contribution in [0.4, 0.5) is 5.69 Å². The molecule has 1 unspecified atom stereocenters. The van der Waals surface area contributed by atoms with Gasteiger partial charge in [-0.2, -0.15) is 0 Å². The molecule has 3 aromatic rings. The highest BCUT2D eigenvalue weighted by Gasteiger charge is 2.24. The van der Waals surface area contributed by atoms with Gasteiger partial charge in [-0.1, -0.05) is 34.4 Å². The quantitative estimate of drug-likeness (QED) is 0.444. The number of amides is 1. The highest BCUT2D eigenvalue weighted by molar-refractivity contribution is 7.89. The van der Waals surface area contributed by atoms with E-state index in [1.54, 1.807) is 35.8 Å². The van der Waals surface area contributed by atoms with Crippen LogP contribution >= 0.6 is 23.2 Å². The lowest BCUT2D eigenvalue weighted by Gasteiger charge is -2.15. The van der Waals surface area contributed by atoms with Crippen molar-refractivity contribution in [1.82, 2.24) is 19.5 Å². The molecular formula is C19H19Cl2N5O4S. The van der Waals surface area contributed by atoms with Crippen LogP contribution in [0.25, 0.3) is 0 Å². The Morgan fingerprint density at radius 3 is 2.61 bits per heavy atom. The Balaban J connectivity index is 1.83. The number of ether oxygens (including phenoxy) is 1. The van der Waals surface area contributed by atoms with Gasteiger partial charge in [0.2, 0.25) is 16.4 Å². The third kappa shape index (κ3) is 5.34. The number of halogens is 2. The summed E-state index contributed by atoms with van der Waals surface area (Å²) in [5, 5.41) is 11.1. The second-order valence-electron chi connectivity index (χ2n) is 6.40. The summed E-state index contributed by atoms with van der Waals surface area (Å²) in [5.41, 5.74) is 0.554. The molecule has 0 aliphatic heterocycles. The van der Waals surface area contributed by atoms with Gasteiger partial charge in [0.15, 0.2) is 5.82 Å². The van der Waals surface area contributed by atoms with E-state index in [0.717, 1.165) is 0 Å². The molecule has 0 fully saturated rings. The molecule has 1 aromatic heterocycles. The maximum absolute atomic E-state index is 12.7. The lowest BCUT2D eigenvalue weighted by molar-refractivity contribution is -0.105. The van der Waals surface area contributed by atoms with Crippen molar-refractivity contribution in [1.29, 1.82) is 0 Å². The van der Waals surface area contributed by atoms with Crippen LogP contribution in [0.1, 0.15) is 25.7 Å². The molecule has 3 rings (SSSR count). The van der Waals surface area contributed by atoms with E-state index in [-0.39, 0.29) is 21.0 Å². The minimum absolute atomic E-state index is 0.0210. The maximum atomic E-state index is 12.7. The van der Waals surface area contributed by atoms with E-state index in [0.29, 0.717) is 30.2 Å². The topological polar surface area (TPSA) is 115 Å². The summed E-state index contributed by atoms with van der Waals surface area (Å²) in [4.78, 5) is 10.6. The number of sulfonamides is 1. The Morgan fingerprint density at radius 2 is 1.94 bits per heavy atom. The van der Waals surface area contributed by atoms with E-state index in [4.69, 9.17) is 27.9 Å². The number of hydrogen-bond donors (Lipinski definition) is 2. The fourth-order valence-corrected chi connectivity index (χ4v) is 4.40. The molecule has 0 aliphatic rings. The number of anilines is 1. The average molecular weight is 484 g/mol. The van der Waals surface area contributed by atoms with Gasteiger partial charge in [0.05, 0.1) is 21.0 Å². The van der Waals surface area contributed by atoms with Crippen molar-refractivity contribution in [2.24, 2.45) is 0 Å². The first kappa shape index (κ1) is 23.0. The van der Waals surface area contributed by atoms with E-state index >= 15 is 0 Å². The molecule has 0 saturated heterocycles. The Kier molecular flexibility index (Phi) is 7.16. The van der Waals surface area contributed by atoms with Crippen molar-refractivity contribution in [3.8, 4) is 11.8 Å². The van der Waals surface area contributed by atoms with Gasteiger partial charge in [-0.3, -0.25) is 9.36 Å². The summed E-state index contributed by atoms with van der Waals surface area (Å²) in [6.45, 7) is 3.93. The summed E-state index contributed by atoms with van der Waals surface area (Å²) in [6.07, 6.45) is 0.563. The molecule has 0 bridgehead atoms. The standard InChI is InChI=1S/C19H19Cl2N5O4S/c1-3-26-18(12(2)25-31(28,29)15-7-8-16(20)17(21)10-15)23-24-19(26)30-14-6-4-5-13(9-14)22-11-27/h4-12,25H,3H2,1-2H3,(H,22,27). The van der Waals surface area contributed by atoms with Crippen LogP contribution in [0.5, 0.6) is 11.8 Å². The Bertz CT molecular complexity index is 1200. The highest BCUT2D eigenvalue weighted by Crippen LogP contribution is 2.27. The molecule has 31 heavy (non-hydrogen) atoms. The normalized spacial score (nSPS) is 12.4. The van der Waals surface area contributed by atoms with E-state index in [2.05, 4.69) is 20.2 Å². The number of benzene rings is 2. The van der Waals surface area contributed by atoms with E-state index in [1.807, 2.05) is 6.92 Å². The Hall–Kier alpha value is -2.66. The van der Waals surface area contributed by atoms with E-state index in [1.165, 1.54) is 18.2 Å². The number of nitrogens with one attached hydrogen (secondary N) is 2. The lowest BCUT2D eigenvalue weighted by Crippen LogP contribution is -2.29. The minimum atomic E-state index is -3.89. The van der Waals surface area contributed by atoms with Crippen LogP contribution < -0.4 is 14.8 Å². The Labute approximate surface area is 189 Å². The molecule has 0 radical (unpaired) electrons. The largest absolute Gasteiger partial charge is 0.424 e. The predicted molar refractivity (Wildman–Crippen MR) is 117 cm³/mol. The van der Waals surface area contributed by atoms with Crippen LogP contribution in [-0.4, -0.2) is 29.6 Å². The minimum Gasteiger partial charge on any atom is -0.424 e. The van der Waals surface area contributed by atoms with E-state index in [9.17, 15) is 13.2 Å².